The Morgan fingerprint density at radius 2 is 1.84 bits per heavy atom. The summed E-state index contributed by atoms with van der Waals surface area (Å²) in [5.74, 6) is -0.410. The number of rotatable bonds is 7. The summed E-state index contributed by atoms with van der Waals surface area (Å²) in [6, 6.07) is 11.1. The van der Waals surface area contributed by atoms with Gasteiger partial charge in [-0.2, -0.15) is 0 Å². The zero-order chi connectivity index (χ0) is 18.4. The van der Waals surface area contributed by atoms with Crippen molar-refractivity contribution in [1.29, 1.82) is 0 Å². The molecule has 1 N–H and O–H groups in total. The van der Waals surface area contributed by atoms with Gasteiger partial charge < -0.3 is 14.6 Å². The van der Waals surface area contributed by atoms with Crippen LogP contribution in [-0.4, -0.2) is 23.7 Å². The van der Waals surface area contributed by atoms with Crippen LogP contribution in [0.4, 0.5) is 0 Å². The summed E-state index contributed by atoms with van der Waals surface area (Å²) in [6.07, 6.45) is 0.881. The van der Waals surface area contributed by atoms with Crippen molar-refractivity contribution in [2.75, 3.05) is 6.61 Å². The molecule has 0 spiro atoms. The fraction of sp³-hybridized carbons (Fsp3) is 0.263. The first kappa shape index (κ1) is 19.0. The first-order valence-corrected chi connectivity index (χ1v) is 8.64. The molecule has 0 heterocycles. The highest BCUT2D eigenvalue weighted by atomic mass is 79.9. The maximum Gasteiger partial charge on any atom is 0.347 e. The second-order valence-corrected chi connectivity index (χ2v) is 6.72. The Kier molecular flexibility index (Phi) is 6.58. The van der Waals surface area contributed by atoms with Crippen molar-refractivity contribution in [3.8, 4) is 11.5 Å². The number of ether oxygens (including phenoxy) is 2. The van der Waals surface area contributed by atoms with Gasteiger partial charge in [0, 0.05) is 0 Å². The lowest BCUT2D eigenvalue weighted by Crippen LogP contribution is -2.12. The molecule has 0 aromatic heterocycles. The number of carboxylic acids is 1. The van der Waals surface area contributed by atoms with E-state index in [1.807, 2.05) is 0 Å². The molecule has 0 amide bonds. The lowest BCUT2D eigenvalue weighted by molar-refractivity contribution is 0.0696. The Morgan fingerprint density at radius 3 is 2.48 bits per heavy atom. The Labute approximate surface area is 154 Å². The van der Waals surface area contributed by atoms with Crippen LogP contribution in [0.3, 0.4) is 0 Å². The van der Waals surface area contributed by atoms with E-state index in [2.05, 4.69) is 29.8 Å². The molecule has 0 bridgehead atoms. The monoisotopic (exact) mass is 406 g/mol. The number of hydrogen-bond donors (Lipinski definition) is 1. The number of esters is 1. The third-order valence-corrected chi connectivity index (χ3v) is 4.06. The Bertz CT molecular complexity index is 770. The zero-order valence-electron chi connectivity index (χ0n) is 14.0. The predicted octanol–water partition coefficient (Wildman–Crippen LogP) is 4.79. The third kappa shape index (κ3) is 5.32. The molecular weight excluding hydrogens is 388 g/mol. The SMILES string of the molecule is CC(C)CCOc1ccccc1C(=O)Oc1ccc(C(=O)O)cc1Br. The minimum Gasteiger partial charge on any atom is -0.493 e. The topological polar surface area (TPSA) is 72.8 Å². The van der Waals surface area contributed by atoms with E-state index >= 15 is 0 Å². The number of carbonyl (C=O) groups is 2. The number of carbonyl (C=O) groups excluding carboxylic acids is 1. The molecule has 2 rings (SSSR count). The average Bonchev–Trinajstić information content (AvgIpc) is 2.56. The van der Waals surface area contributed by atoms with Gasteiger partial charge in [-0.25, -0.2) is 9.59 Å². The van der Waals surface area contributed by atoms with E-state index in [1.54, 1.807) is 24.3 Å². The molecule has 132 valence electrons. The molecular formula is C19H19BrO5. The summed E-state index contributed by atoms with van der Waals surface area (Å²) < 4.78 is 11.5. The molecule has 0 aliphatic carbocycles. The summed E-state index contributed by atoms with van der Waals surface area (Å²) in [5, 5.41) is 8.97. The maximum absolute atomic E-state index is 12.5. The van der Waals surface area contributed by atoms with Crippen molar-refractivity contribution in [3.05, 3.63) is 58.1 Å². The molecule has 25 heavy (non-hydrogen) atoms. The maximum atomic E-state index is 12.5. The molecule has 2 aromatic carbocycles. The van der Waals surface area contributed by atoms with E-state index in [-0.39, 0.29) is 11.3 Å². The first-order valence-electron chi connectivity index (χ1n) is 7.85. The third-order valence-electron chi connectivity index (χ3n) is 3.44. The van der Waals surface area contributed by atoms with Crippen LogP contribution in [0, 0.1) is 5.92 Å². The van der Waals surface area contributed by atoms with Crippen molar-refractivity contribution >= 4 is 27.9 Å². The molecule has 0 fully saturated rings. The summed E-state index contributed by atoms with van der Waals surface area (Å²) in [4.78, 5) is 23.4. The van der Waals surface area contributed by atoms with Crippen LogP contribution in [0.25, 0.3) is 0 Å². The Morgan fingerprint density at radius 1 is 1.12 bits per heavy atom. The zero-order valence-corrected chi connectivity index (χ0v) is 15.6. The van der Waals surface area contributed by atoms with E-state index in [1.165, 1.54) is 18.2 Å². The fourth-order valence-electron chi connectivity index (χ4n) is 2.04. The minimum absolute atomic E-state index is 0.101. The fourth-order valence-corrected chi connectivity index (χ4v) is 2.50. The Hall–Kier alpha value is -2.34. The van der Waals surface area contributed by atoms with Crippen LogP contribution in [0.15, 0.2) is 46.9 Å². The van der Waals surface area contributed by atoms with Crippen LogP contribution < -0.4 is 9.47 Å². The summed E-state index contributed by atoms with van der Waals surface area (Å²) in [6.45, 7) is 4.71. The minimum atomic E-state index is -1.05. The van der Waals surface area contributed by atoms with Crippen LogP contribution in [0.1, 0.15) is 41.0 Å². The van der Waals surface area contributed by atoms with Gasteiger partial charge >= 0.3 is 11.9 Å². The molecule has 6 heteroatoms. The summed E-state index contributed by atoms with van der Waals surface area (Å²) >= 11 is 3.22. The number of halogens is 1. The smallest absolute Gasteiger partial charge is 0.347 e. The predicted molar refractivity (Wildman–Crippen MR) is 97.5 cm³/mol. The molecule has 0 saturated heterocycles. The van der Waals surface area contributed by atoms with Gasteiger partial charge in [-0.1, -0.05) is 26.0 Å². The summed E-state index contributed by atoms with van der Waals surface area (Å²) in [7, 11) is 0. The second kappa shape index (κ2) is 8.67. The van der Waals surface area contributed by atoms with Gasteiger partial charge in [-0.05, 0) is 58.6 Å². The molecule has 2 aromatic rings. The lowest BCUT2D eigenvalue weighted by Gasteiger charge is -2.12. The van der Waals surface area contributed by atoms with E-state index in [0.717, 1.165) is 6.42 Å². The largest absolute Gasteiger partial charge is 0.493 e. The van der Waals surface area contributed by atoms with Crippen LogP contribution in [0.5, 0.6) is 11.5 Å². The van der Waals surface area contributed by atoms with Crippen molar-refractivity contribution in [1.82, 2.24) is 0 Å². The number of carboxylic acid groups (broad SMARTS) is 1. The van der Waals surface area contributed by atoms with Crippen LogP contribution in [0.2, 0.25) is 0 Å². The molecule has 0 unspecified atom stereocenters. The Balaban J connectivity index is 2.14. The second-order valence-electron chi connectivity index (χ2n) is 5.87. The average molecular weight is 407 g/mol. The lowest BCUT2D eigenvalue weighted by atomic mass is 10.1. The van der Waals surface area contributed by atoms with Gasteiger partial charge in [0.15, 0.2) is 0 Å². The molecule has 0 aliphatic heterocycles. The highest BCUT2D eigenvalue weighted by Gasteiger charge is 2.17. The van der Waals surface area contributed by atoms with Gasteiger partial charge in [0.1, 0.15) is 17.1 Å². The number of aromatic carboxylic acids is 1. The van der Waals surface area contributed by atoms with Gasteiger partial charge in [-0.3, -0.25) is 0 Å². The molecule has 0 atom stereocenters. The van der Waals surface area contributed by atoms with Crippen molar-refractivity contribution in [2.24, 2.45) is 5.92 Å². The van der Waals surface area contributed by atoms with Crippen LogP contribution in [-0.2, 0) is 0 Å². The molecule has 0 saturated carbocycles. The highest BCUT2D eigenvalue weighted by molar-refractivity contribution is 9.10. The molecule has 0 radical (unpaired) electrons. The standard InChI is InChI=1S/C19H19BrO5/c1-12(2)9-10-24-16-6-4-3-5-14(16)19(23)25-17-8-7-13(18(21)22)11-15(17)20/h3-8,11-12H,9-10H2,1-2H3,(H,21,22). The van der Waals surface area contributed by atoms with Crippen LogP contribution >= 0.6 is 15.9 Å². The number of hydrogen-bond acceptors (Lipinski definition) is 4. The van der Waals surface area contributed by atoms with Gasteiger partial charge in [0.05, 0.1) is 16.6 Å². The normalized spacial score (nSPS) is 10.6. The van der Waals surface area contributed by atoms with E-state index in [4.69, 9.17) is 14.6 Å². The number of para-hydroxylation sites is 1. The number of benzene rings is 2. The van der Waals surface area contributed by atoms with E-state index in [9.17, 15) is 9.59 Å². The quantitative estimate of drug-likeness (QED) is 0.528. The van der Waals surface area contributed by atoms with Gasteiger partial charge in [0.25, 0.3) is 0 Å². The van der Waals surface area contributed by atoms with Crippen molar-refractivity contribution < 1.29 is 24.2 Å². The molecule has 0 aliphatic rings. The summed E-state index contributed by atoms with van der Waals surface area (Å²) in [5.41, 5.74) is 0.421. The van der Waals surface area contributed by atoms with E-state index < -0.39 is 11.9 Å². The van der Waals surface area contributed by atoms with Crippen molar-refractivity contribution in [3.63, 3.8) is 0 Å². The van der Waals surface area contributed by atoms with E-state index in [0.29, 0.717) is 28.3 Å². The highest BCUT2D eigenvalue weighted by Crippen LogP contribution is 2.28. The first-order chi connectivity index (χ1) is 11.9. The van der Waals surface area contributed by atoms with Crippen molar-refractivity contribution in [2.45, 2.75) is 20.3 Å². The molecule has 5 nitrogen and oxygen atoms in total. The van der Waals surface area contributed by atoms with Gasteiger partial charge in [0.2, 0.25) is 0 Å². The van der Waals surface area contributed by atoms with Gasteiger partial charge in [-0.15, -0.1) is 0 Å².